The second-order valence-electron chi connectivity index (χ2n) is 7.44. The molecule has 1 fully saturated rings. The van der Waals surface area contributed by atoms with Crippen molar-refractivity contribution in [1.82, 2.24) is 9.21 Å². The van der Waals surface area contributed by atoms with Gasteiger partial charge in [-0.3, -0.25) is 0 Å². The molecule has 0 atom stereocenters. The maximum atomic E-state index is 13.1. The van der Waals surface area contributed by atoms with E-state index in [0.717, 1.165) is 31.2 Å². The fourth-order valence-corrected chi connectivity index (χ4v) is 5.56. The van der Waals surface area contributed by atoms with Crippen LogP contribution in [0.3, 0.4) is 0 Å². The Morgan fingerprint density at radius 1 is 0.931 bits per heavy atom. The van der Waals surface area contributed by atoms with Gasteiger partial charge in [0.05, 0.1) is 15.6 Å². The SMILES string of the molecule is O=C(Nc1ccccc1Cl)N1CCN(S(=O)(=O)c2ccc3c(c2)CCCC3)CC1. The third-order valence-corrected chi connectivity index (χ3v) is 7.82. The standard InChI is InChI=1S/C21H24ClN3O3S/c22-19-7-3-4-8-20(19)23-21(26)24-11-13-25(14-12-24)29(27,28)18-10-9-16-5-1-2-6-17(16)15-18/h3-4,7-10,15H,1-2,5-6,11-14H2,(H,23,26). The zero-order chi connectivity index (χ0) is 20.4. The van der Waals surface area contributed by atoms with E-state index in [9.17, 15) is 13.2 Å². The first kappa shape index (κ1) is 20.2. The molecule has 1 saturated heterocycles. The number of piperazine rings is 1. The number of sulfonamides is 1. The summed E-state index contributed by atoms with van der Waals surface area (Å²) in [5, 5.41) is 3.25. The molecule has 0 saturated carbocycles. The van der Waals surface area contributed by atoms with Gasteiger partial charge in [0.25, 0.3) is 0 Å². The number of nitrogens with zero attached hydrogens (tertiary/aromatic N) is 2. The molecular weight excluding hydrogens is 410 g/mol. The van der Waals surface area contributed by atoms with Crippen molar-refractivity contribution < 1.29 is 13.2 Å². The molecule has 2 aromatic rings. The number of aryl methyl sites for hydroxylation is 2. The number of nitrogens with one attached hydrogen (secondary N) is 1. The first-order valence-corrected chi connectivity index (χ1v) is 11.7. The van der Waals surface area contributed by atoms with Crippen molar-refractivity contribution in [2.24, 2.45) is 0 Å². The summed E-state index contributed by atoms with van der Waals surface area (Å²) in [6, 6.07) is 12.3. The molecule has 1 heterocycles. The zero-order valence-corrected chi connectivity index (χ0v) is 17.7. The fraction of sp³-hybridized carbons (Fsp3) is 0.381. The molecule has 1 N–H and O–H groups in total. The topological polar surface area (TPSA) is 69.7 Å². The van der Waals surface area contributed by atoms with E-state index in [0.29, 0.717) is 28.7 Å². The van der Waals surface area contributed by atoms with Gasteiger partial charge in [-0.05, 0) is 61.1 Å². The number of para-hydroxylation sites is 1. The number of halogens is 1. The molecule has 2 aromatic carbocycles. The number of fused-ring (bicyclic) bond motifs is 1. The number of rotatable bonds is 3. The average Bonchev–Trinajstić information content (AvgIpc) is 2.75. The van der Waals surface area contributed by atoms with Crippen molar-refractivity contribution >= 4 is 33.3 Å². The van der Waals surface area contributed by atoms with Crippen LogP contribution >= 0.6 is 11.6 Å². The number of carbonyl (C=O) groups is 1. The summed E-state index contributed by atoms with van der Waals surface area (Å²) in [4.78, 5) is 14.5. The number of urea groups is 1. The minimum atomic E-state index is -3.56. The van der Waals surface area contributed by atoms with Gasteiger partial charge in [-0.15, -0.1) is 0 Å². The van der Waals surface area contributed by atoms with Crippen molar-refractivity contribution in [1.29, 1.82) is 0 Å². The highest BCUT2D eigenvalue weighted by molar-refractivity contribution is 7.89. The summed E-state index contributed by atoms with van der Waals surface area (Å²) >= 11 is 6.09. The van der Waals surface area contributed by atoms with Crippen LogP contribution in [0.1, 0.15) is 24.0 Å². The summed E-state index contributed by atoms with van der Waals surface area (Å²) in [6.45, 7) is 1.21. The molecule has 0 unspecified atom stereocenters. The van der Waals surface area contributed by atoms with Gasteiger partial charge in [-0.2, -0.15) is 4.31 Å². The van der Waals surface area contributed by atoms with Gasteiger partial charge < -0.3 is 10.2 Å². The number of carbonyl (C=O) groups excluding carboxylic acids is 1. The molecule has 154 valence electrons. The lowest BCUT2D eigenvalue weighted by atomic mass is 9.92. The van der Waals surface area contributed by atoms with Gasteiger partial charge in [0.2, 0.25) is 10.0 Å². The van der Waals surface area contributed by atoms with Gasteiger partial charge in [0.15, 0.2) is 0 Å². The number of hydrogen-bond acceptors (Lipinski definition) is 3. The molecule has 29 heavy (non-hydrogen) atoms. The predicted octanol–water partition coefficient (Wildman–Crippen LogP) is 3.76. The largest absolute Gasteiger partial charge is 0.322 e. The molecule has 0 aromatic heterocycles. The van der Waals surface area contributed by atoms with E-state index in [1.807, 2.05) is 12.1 Å². The Morgan fingerprint density at radius 2 is 1.62 bits per heavy atom. The lowest BCUT2D eigenvalue weighted by molar-refractivity contribution is 0.184. The Kier molecular flexibility index (Phi) is 5.81. The van der Waals surface area contributed by atoms with Crippen molar-refractivity contribution in [3.05, 3.63) is 58.6 Å². The van der Waals surface area contributed by atoms with Gasteiger partial charge in [-0.1, -0.05) is 29.8 Å². The molecule has 0 bridgehead atoms. The summed E-state index contributed by atoms with van der Waals surface area (Å²) in [5.41, 5.74) is 2.95. The Labute approximate surface area is 176 Å². The van der Waals surface area contributed by atoms with Crippen LogP contribution in [0, 0.1) is 0 Å². The maximum Gasteiger partial charge on any atom is 0.321 e. The highest BCUT2D eigenvalue weighted by Crippen LogP contribution is 2.26. The van der Waals surface area contributed by atoms with Crippen molar-refractivity contribution in [2.45, 2.75) is 30.6 Å². The van der Waals surface area contributed by atoms with E-state index in [1.54, 1.807) is 35.2 Å². The summed E-state index contributed by atoms with van der Waals surface area (Å²) < 4.78 is 27.6. The first-order valence-electron chi connectivity index (χ1n) is 9.87. The molecule has 2 amide bonds. The molecule has 0 radical (unpaired) electrons. The van der Waals surface area contributed by atoms with E-state index < -0.39 is 10.0 Å². The van der Waals surface area contributed by atoms with Crippen LogP contribution < -0.4 is 5.32 Å². The third-order valence-electron chi connectivity index (χ3n) is 5.60. The molecule has 2 aliphatic rings. The van der Waals surface area contributed by atoms with Crippen LogP contribution in [0.15, 0.2) is 47.4 Å². The van der Waals surface area contributed by atoms with E-state index in [4.69, 9.17) is 11.6 Å². The molecule has 6 nitrogen and oxygen atoms in total. The van der Waals surface area contributed by atoms with E-state index in [2.05, 4.69) is 5.32 Å². The van der Waals surface area contributed by atoms with E-state index in [-0.39, 0.29) is 19.1 Å². The monoisotopic (exact) mass is 433 g/mol. The third kappa shape index (κ3) is 4.27. The Bertz CT molecular complexity index is 1020. The minimum Gasteiger partial charge on any atom is -0.322 e. The van der Waals surface area contributed by atoms with Crippen LogP contribution in [-0.4, -0.2) is 49.8 Å². The van der Waals surface area contributed by atoms with E-state index in [1.165, 1.54) is 9.87 Å². The molecule has 1 aliphatic heterocycles. The Balaban J connectivity index is 1.41. The summed E-state index contributed by atoms with van der Waals surface area (Å²) in [6.07, 6.45) is 4.23. The molecule has 0 spiro atoms. The van der Waals surface area contributed by atoms with Crippen LogP contribution in [0.5, 0.6) is 0 Å². The van der Waals surface area contributed by atoms with Crippen LogP contribution in [0.4, 0.5) is 10.5 Å². The number of benzene rings is 2. The number of amides is 2. The average molecular weight is 434 g/mol. The zero-order valence-electron chi connectivity index (χ0n) is 16.1. The van der Waals surface area contributed by atoms with Crippen LogP contribution in [0.2, 0.25) is 5.02 Å². The maximum absolute atomic E-state index is 13.1. The van der Waals surface area contributed by atoms with Crippen LogP contribution in [-0.2, 0) is 22.9 Å². The molecular formula is C21H24ClN3O3S. The van der Waals surface area contributed by atoms with Crippen molar-refractivity contribution in [3.63, 3.8) is 0 Å². The van der Waals surface area contributed by atoms with Gasteiger partial charge >= 0.3 is 6.03 Å². The summed E-state index contributed by atoms with van der Waals surface area (Å²) in [7, 11) is -3.56. The molecule has 4 rings (SSSR count). The lowest BCUT2D eigenvalue weighted by Gasteiger charge is -2.34. The molecule has 1 aliphatic carbocycles. The van der Waals surface area contributed by atoms with Gasteiger partial charge in [0.1, 0.15) is 0 Å². The normalized spacial score (nSPS) is 17.6. The molecule has 8 heteroatoms. The quantitative estimate of drug-likeness (QED) is 0.801. The van der Waals surface area contributed by atoms with Gasteiger partial charge in [-0.25, -0.2) is 13.2 Å². The Morgan fingerprint density at radius 3 is 2.34 bits per heavy atom. The summed E-state index contributed by atoms with van der Waals surface area (Å²) in [5.74, 6) is 0. The predicted molar refractivity (Wildman–Crippen MR) is 114 cm³/mol. The number of hydrogen-bond donors (Lipinski definition) is 1. The fourth-order valence-electron chi connectivity index (χ4n) is 3.91. The Hall–Kier alpha value is -2.09. The van der Waals surface area contributed by atoms with Crippen LogP contribution in [0.25, 0.3) is 0 Å². The lowest BCUT2D eigenvalue weighted by Crippen LogP contribution is -2.51. The van der Waals surface area contributed by atoms with Gasteiger partial charge in [0, 0.05) is 26.2 Å². The second kappa shape index (κ2) is 8.34. The van der Waals surface area contributed by atoms with Crippen molar-refractivity contribution in [3.8, 4) is 0 Å². The second-order valence-corrected chi connectivity index (χ2v) is 9.78. The number of anilines is 1. The van der Waals surface area contributed by atoms with Crippen molar-refractivity contribution in [2.75, 3.05) is 31.5 Å². The highest BCUT2D eigenvalue weighted by Gasteiger charge is 2.30. The highest BCUT2D eigenvalue weighted by atomic mass is 35.5. The van der Waals surface area contributed by atoms with E-state index >= 15 is 0 Å². The first-order chi connectivity index (χ1) is 13.9. The minimum absolute atomic E-state index is 0.273. The smallest absolute Gasteiger partial charge is 0.321 e.